The van der Waals surface area contributed by atoms with E-state index in [1.807, 2.05) is 18.5 Å². The largest absolute Gasteiger partial charge is 0.379 e. The maximum atomic E-state index is 12.3. The number of hydrogen-bond donors (Lipinski definition) is 1. The van der Waals surface area contributed by atoms with Crippen LogP contribution in [0.4, 0.5) is 0 Å². The number of nitrogens with zero attached hydrogens (tertiary/aromatic N) is 2. The van der Waals surface area contributed by atoms with Crippen molar-refractivity contribution in [1.82, 2.24) is 15.1 Å². The van der Waals surface area contributed by atoms with Crippen LogP contribution in [0.1, 0.15) is 43.2 Å². The van der Waals surface area contributed by atoms with Crippen molar-refractivity contribution in [3.05, 3.63) is 17.5 Å². The Hall–Kier alpha value is -1.36. The summed E-state index contributed by atoms with van der Waals surface area (Å²) < 4.78 is 7.25. The number of rotatable bonds is 4. The van der Waals surface area contributed by atoms with Gasteiger partial charge in [-0.15, -0.1) is 0 Å². The highest BCUT2D eigenvalue weighted by Crippen LogP contribution is 2.19. The second kappa shape index (κ2) is 5.33. The SMILES string of the molecule is Cc1c(C(=O)NC2(C)CCOC2)cnn1CC(C)C. The van der Waals surface area contributed by atoms with E-state index in [1.54, 1.807) is 6.20 Å². The van der Waals surface area contributed by atoms with Crippen LogP contribution in [0.3, 0.4) is 0 Å². The quantitative estimate of drug-likeness (QED) is 0.902. The third-order valence-electron chi connectivity index (χ3n) is 3.52. The van der Waals surface area contributed by atoms with Crippen LogP contribution in [0, 0.1) is 12.8 Å². The minimum absolute atomic E-state index is 0.0551. The van der Waals surface area contributed by atoms with E-state index in [9.17, 15) is 4.79 Å². The van der Waals surface area contributed by atoms with Crippen LogP contribution >= 0.6 is 0 Å². The van der Waals surface area contributed by atoms with E-state index < -0.39 is 0 Å². The van der Waals surface area contributed by atoms with Crippen LogP contribution in [0.2, 0.25) is 0 Å². The molecule has 19 heavy (non-hydrogen) atoms. The standard InChI is InChI=1S/C14H23N3O2/c1-10(2)8-17-11(3)12(7-15-17)13(18)16-14(4)5-6-19-9-14/h7,10H,5-6,8-9H2,1-4H3,(H,16,18). The smallest absolute Gasteiger partial charge is 0.255 e. The Bertz CT molecular complexity index is 459. The normalized spacial score (nSPS) is 23.0. The molecule has 5 nitrogen and oxygen atoms in total. The molecule has 1 saturated heterocycles. The number of carbonyl (C=O) groups is 1. The Morgan fingerprint density at radius 3 is 2.95 bits per heavy atom. The monoisotopic (exact) mass is 265 g/mol. The van der Waals surface area contributed by atoms with Gasteiger partial charge in [0.05, 0.1) is 23.9 Å². The molecular weight excluding hydrogens is 242 g/mol. The summed E-state index contributed by atoms with van der Waals surface area (Å²) in [6.07, 6.45) is 2.52. The first kappa shape index (κ1) is 14.1. The summed E-state index contributed by atoms with van der Waals surface area (Å²) in [6.45, 7) is 10.4. The van der Waals surface area contributed by atoms with E-state index in [0.717, 1.165) is 18.7 Å². The second-order valence-corrected chi connectivity index (χ2v) is 6.04. The molecule has 5 heteroatoms. The van der Waals surface area contributed by atoms with Crippen molar-refractivity contribution in [1.29, 1.82) is 0 Å². The maximum Gasteiger partial charge on any atom is 0.255 e. The Balaban J connectivity index is 2.09. The lowest BCUT2D eigenvalue weighted by atomic mass is 10.0. The highest BCUT2D eigenvalue weighted by Gasteiger charge is 2.32. The van der Waals surface area contributed by atoms with Gasteiger partial charge in [-0.3, -0.25) is 9.48 Å². The first-order valence-corrected chi connectivity index (χ1v) is 6.84. The van der Waals surface area contributed by atoms with Crippen molar-refractivity contribution >= 4 is 5.91 Å². The number of nitrogens with one attached hydrogen (secondary N) is 1. The fourth-order valence-corrected chi connectivity index (χ4v) is 2.31. The van der Waals surface area contributed by atoms with Gasteiger partial charge in [0.15, 0.2) is 0 Å². The Labute approximate surface area is 114 Å². The summed E-state index contributed by atoms with van der Waals surface area (Å²) >= 11 is 0. The number of hydrogen-bond acceptors (Lipinski definition) is 3. The zero-order valence-electron chi connectivity index (χ0n) is 12.2. The molecule has 2 rings (SSSR count). The molecule has 1 aliphatic heterocycles. The van der Waals surface area contributed by atoms with Gasteiger partial charge in [0.1, 0.15) is 0 Å². The lowest BCUT2D eigenvalue weighted by Gasteiger charge is -2.23. The van der Waals surface area contributed by atoms with Gasteiger partial charge < -0.3 is 10.1 Å². The first-order chi connectivity index (χ1) is 8.91. The zero-order chi connectivity index (χ0) is 14.0. The predicted octanol–water partition coefficient (Wildman–Crippen LogP) is 1.76. The van der Waals surface area contributed by atoms with E-state index in [2.05, 4.69) is 24.3 Å². The molecule has 2 heterocycles. The lowest BCUT2D eigenvalue weighted by Crippen LogP contribution is -2.46. The van der Waals surface area contributed by atoms with E-state index in [0.29, 0.717) is 24.7 Å². The third kappa shape index (κ3) is 3.15. The molecule has 1 aliphatic rings. The van der Waals surface area contributed by atoms with Gasteiger partial charge in [0, 0.05) is 18.8 Å². The molecule has 1 aromatic rings. The number of aromatic nitrogens is 2. The number of carbonyl (C=O) groups excluding carboxylic acids is 1. The summed E-state index contributed by atoms with van der Waals surface area (Å²) in [6, 6.07) is 0. The fraction of sp³-hybridized carbons (Fsp3) is 0.714. The Kier molecular flexibility index (Phi) is 3.94. The van der Waals surface area contributed by atoms with E-state index in [1.165, 1.54) is 0 Å². The summed E-state index contributed by atoms with van der Waals surface area (Å²) in [4.78, 5) is 12.3. The first-order valence-electron chi connectivity index (χ1n) is 6.84. The molecule has 1 fully saturated rings. The minimum Gasteiger partial charge on any atom is -0.379 e. The third-order valence-corrected chi connectivity index (χ3v) is 3.52. The average molecular weight is 265 g/mol. The van der Waals surface area contributed by atoms with E-state index in [-0.39, 0.29) is 11.4 Å². The molecular formula is C14H23N3O2. The molecule has 1 amide bonds. The van der Waals surface area contributed by atoms with E-state index in [4.69, 9.17) is 4.74 Å². The highest BCUT2D eigenvalue weighted by atomic mass is 16.5. The van der Waals surface area contributed by atoms with Crippen molar-refractivity contribution in [2.45, 2.75) is 46.2 Å². The zero-order valence-corrected chi connectivity index (χ0v) is 12.2. The molecule has 1 atom stereocenters. The number of ether oxygens (including phenoxy) is 1. The van der Waals surface area contributed by atoms with Crippen molar-refractivity contribution in [3.63, 3.8) is 0 Å². The topological polar surface area (TPSA) is 56.1 Å². The van der Waals surface area contributed by atoms with E-state index >= 15 is 0 Å². The molecule has 1 N–H and O–H groups in total. The highest BCUT2D eigenvalue weighted by molar-refractivity contribution is 5.95. The molecule has 106 valence electrons. The molecule has 0 aliphatic carbocycles. The van der Waals surface area contributed by atoms with Gasteiger partial charge in [0.25, 0.3) is 5.91 Å². The number of amides is 1. The summed E-state index contributed by atoms with van der Waals surface area (Å²) in [5, 5.41) is 7.36. The molecule has 0 bridgehead atoms. The van der Waals surface area contributed by atoms with Crippen LogP contribution in [0.5, 0.6) is 0 Å². The van der Waals surface area contributed by atoms with Crippen molar-refractivity contribution in [2.75, 3.05) is 13.2 Å². The van der Waals surface area contributed by atoms with Crippen LogP contribution in [0.15, 0.2) is 6.20 Å². The molecule has 0 radical (unpaired) electrons. The van der Waals surface area contributed by atoms with Crippen molar-refractivity contribution in [3.8, 4) is 0 Å². The fourth-order valence-electron chi connectivity index (χ4n) is 2.31. The van der Waals surface area contributed by atoms with Crippen molar-refractivity contribution in [2.24, 2.45) is 5.92 Å². The van der Waals surface area contributed by atoms with Gasteiger partial charge in [-0.2, -0.15) is 5.10 Å². The lowest BCUT2D eigenvalue weighted by molar-refractivity contribution is 0.0889. The van der Waals surface area contributed by atoms with Crippen LogP contribution < -0.4 is 5.32 Å². The van der Waals surface area contributed by atoms with Crippen LogP contribution in [-0.4, -0.2) is 34.4 Å². The minimum atomic E-state index is -0.246. The molecule has 0 aromatic carbocycles. The van der Waals surface area contributed by atoms with Crippen LogP contribution in [0.25, 0.3) is 0 Å². The van der Waals surface area contributed by atoms with Gasteiger partial charge in [0.2, 0.25) is 0 Å². The summed E-state index contributed by atoms with van der Waals surface area (Å²) in [5.74, 6) is 0.454. The van der Waals surface area contributed by atoms with Gasteiger partial charge >= 0.3 is 0 Å². The van der Waals surface area contributed by atoms with Gasteiger partial charge in [-0.25, -0.2) is 0 Å². The molecule has 1 aromatic heterocycles. The van der Waals surface area contributed by atoms with Gasteiger partial charge in [-0.05, 0) is 26.2 Å². The Morgan fingerprint density at radius 1 is 1.63 bits per heavy atom. The summed E-state index contributed by atoms with van der Waals surface area (Å²) in [7, 11) is 0. The second-order valence-electron chi connectivity index (χ2n) is 6.04. The average Bonchev–Trinajstić information content (AvgIpc) is 2.87. The Morgan fingerprint density at radius 2 is 2.37 bits per heavy atom. The van der Waals surface area contributed by atoms with Crippen molar-refractivity contribution < 1.29 is 9.53 Å². The maximum absolute atomic E-state index is 12.3. The predicted molar refractivity (Wildman–Crippen MR) is 73.1 cm³/mol. The molecule has 0 saturated carbocycles. The molecule has 0 spiro atoms. The van der Waals surface area contributed by atoms with Gasteiger partial charge in [-0.1, -0.05) is 13.8 Å². The summed E-state index contributed by atoms with van der Waals surface area (Å²) in [5.41, 5.74) is 1.34. The van der Waals surface area contributed by atoms with Crippen LogP contribution in [-0.2, 0) is 11.3 Å². The molecule has 1 unspecified atom stereocenters.